The zero-order valence-corrected chi connectivity index (χ0v) is 11.8. The molecule has 0 aliphatic rings. The molecule has 5 nitrogen and oxygen atoms in total. The monoisotopic (exact) mass is 279 g/mol. The van der Waals surface area contributed by atoms with Crippen molar-refractivity contribution in [3.05, 3.63) is 29.9 Å². The van der Waals surface area contributed by atoms with Gasteiger partial charge in [0.2, 0.25) is 11.7 Å². The summed E-state index contributed by atoms with van der Waals surface area (Å²) in [6.07, 6.45) is 0.758. The number of nitrogens with two attached hydrogens (primary N) is 1. The number of benzene rings is 1. The maximum atomic E-state index is 13.4. The topological polar surface area (TPSA) is 74.2 Å². The Balaban J connectivity index is 2.24. The van der Waals surface area contributed by atoms with E-state index in [2.05, 4.69) is 24.0 Å². The molecule has 1 aromatic heterocycles. The van der Waals surface area contributed by atoms with Crippen LogP contribution in [0.1, 0.15) is 32.2 Å². The van der Waals surface area contributed by atoms with Crippen LogP contribution in [-0.4, -0.2) is 17.3 Å². The van der Waals surface area contributed by atoms with Crippen molar-refractivity contribution in [1.82, 2.24) is 10.1 Å². The lowest BCUT2D eigenvalue weighted by Gasteiger charge is -2.08. The SMILES string of the molecule is COc1cc(-c2noc([C@@H](N)CC(C)C)n2)ccc1F. The van der Waals surface area contributed by atoms with E-state index >= 15 is 0 Å². The number of nitrogens with zero attached hydrogens (tertiary/aromatic N) is 2. The smallest absolute Gasteiger partial charge is 0.243 e. The maximum absolute atomic E-state index is 13.4. The number of aromatic nitrogens is 2. The van der Waals surface area contributed by atoms with E-state index in [-0.39, 0.29) is 11.8 Å². The van der Waals surface area contributed by atoms with Crippen LogP contribution in [0.15, 0.2) is 22.7 Å². The average Bonchev–Trinajstić information content (AvgIpc) is 2.88. The van der Waals surface area contributed by atoms with Crippen molar-refractivity contribution in [2.45, 2.75) is 26.3 Å². The molecule has 0 saturated carbocycles. The van der Waals surface area contributed by atoms with E-state index in [0.717, 1.165) is 6.42 Å². The van der Waals surface area contributed by atoms with Crippen molar-refractivity contribution in [2.75, 3.05) is 7.11 Å². The summed E-state index contributed by atoms with van der Waals surface area (Å²) >= 11 is 0. The van der Waals surface area contributed by atoms with Gasteiger partial charge in [-0.2, -0.15) is 4.98 Å². The molecular weight excluding hydrogens is 261 g/mol. The number of ether oxygens (including phenoxy) is 1. The van der Waals surface area contributed by atoms with Crippen LogP contribution in [0, 0.1) is 11.7 Å². The van der Waals surface area contributed by atoms with Gasteiger partial charge in [-0.05, 0) is 30.5 Å². The van der Waals surface area contributed by atoms with E-state index in [4.69, 9.17) is 15.0 Å². The molecule has 2 rings (SSSR count). The van der Waals surface area contributed by atoms with Gasteiger partial charge in [-0.25, -0.2) is 4.39 Å². The summed E-state index contributed by atoms with van der Waals surface area (Å²) < 4.78 is 23.4. The van der Waals surface area contributed by atoms with E-state index in [0.29, 0.717) is 23.2 Å². The highest BCUT2D eigenvalue weighted by Crippen LogP contribution is 2.26. The van der Waals surface area contributed by atoms with E-state index in [1.807, 2.05) is 0 Å². The van der Waals surface area contributed by atoms with Crippen molar-refractivity contribution in [1.29, 1.82) is 0 Å². The molecule has 0 bridgehead atoms. The molecule has 0 amide bonds. The second-order valence-electron chi connectivity index (χ2n) is 5.04. The summed E-state index contributed by atoms with van der Waals surface area (Å²) in [5.41, 5.74) is 6.61. The van der Waals surface area contributed by atoms with Gasteiger partial charge in [-0.1, -0.05) is 19.0 Å². The van der Waals surface area contributed by atoms with Crippen LogP contribution >= 0.6 is 0 Å². The van der Waals surface area contributed by atoms with Crippen LogP contribution < -0.4 is 10.5 Å². The molecule has 1 heterocycles. The van der Waals surface area contributed by atoms with Crippen LogP contribution in [0.5, 0.6) is 5.75 Å². The molecule has 6 heteroatoms. The lowest BCUT2D eigenvalue weighted by atomic mass is 10.0. The molecule has 0 fully saturated rings. The van der Waals surface area contributed by atoms with Gasteiger partial charge in [0.05, 0.1) is 13.2 Å². The molecule has 0 spiro atoms. The van der Waals surface area contributed by atoms with E-state index in [1.54, 1.807) is 6.07 Å². The third-order valence-electron chi connectivity index (χ3n) is 2.89. The highest BCUT2D eigenvalue weighted by Gasteiger charge is 2.17. The van der Waals surface area contributed by atoms with Crippen molar-refractivity contribution in [2.24, 2.45) is 11.7 Å². The number of hydrogen-bond acceptors (Lipinski definition) is 5. The molecule has 2 N–H and O–H groups in total. The Kier molecular flexibility index (Phi) is 4.34. The lowest BCUT2D eigenvalue weighted by molar-refractivity contribution is 0.335. The van der Waals surface area contributed by atoms with E-state index in [1.165, 1.54) is 19.2 Å². The lowest BCUT2D eigenvalue weighted by Crippen LogP contribution is -2.13. The Labute approximate surface area is 116 Å². The molecular formula is C14H18FN3O2. The summed E-state index contributed by atoms with van der Waals surface area (Å²) in [6, 6.07) is 4.11. The first-order valence-corrected chi connectivity index (χ1v) is 6.44. The normalized spacial score (nSPS) is 12.7. The van der Waals surface area contributed by atoms with Gasteiger partial charge in [0.1, 0.15) is 0 Å². The average molecular weight is 279 g/mol. The van der Waals surface area contributed by atoms with Crippen molar-refractivity contribution in [3.63, 3.8) is 0 Å². The molecule has 0 aliphatic carbocycles. The quantitative estimate of drug-likeness (QED) is 0.910. The van der Waals surface area contributed by atoms with Gasteiger partial charge in [-0.3, -0.25) is 0 Å². The molecule has 0 unspecified atom stereocenters. The Morgan fingerprint density at radius 3 is 2.80 bits per heavy atom. The van der Waals surface area contributed by atoms with Gasteiger partial charge in [0.15, 0.2) is 11.6 Å². The summed E-state index contributed by atoms with van der Waals surface area (Å²) in [7, 11) is 1.41. The first-order chi connectivity index (χ1) is 9.51. The van der Waals surface area contributed by atoms with Crippen molar-refractivity contribution < 1.29 is 13.7 Å². The second kappa shape index (κ2) is 6.00. The molecule has 1 atom stereocenters. The summed E-state index contributed by atoms with van der Waals surface area (Å²) in [6.45, 7) is 4.14. The fourth-order valence-electron chi connectivity index (χ4n) is 1.91. The fraction of sp³-hybridized carbons (Fsp3) is 0.429. The highest BCUT2D eigenvalue weighted by atomic mass is 19.1. The Morgan fingerprint density at radius 2 is 2.15 bits per heavy atom. The van der Waals surface area contributed by atoms with Gasteiger partial charge >= 0.3 is 0 Å². The maximum Gasteiger partial charge on any atom is 0.243 e. The van der Waals surface area contributed by atoms with Gasteiger partial charge in [-0.15, -0.1) is 0 Å². The van der Waals surface area contributed by atoms with Gasteiger partial charge < -0.3 is 15.0 Å². The third kappa shape index (κ3) is 3.14. The van der Waals surface area contributed by atoms with E-state index in [9.17, 15) is 4.39 Å². The van der Waals surface area contributed by atoms with Crippen LogP contribution in [0.25, 0.3) is 11.4 Å². The third-order valence-corrected chi connectivity index (χ3v) is 2.89. The number of halogens is 1. The number of rotatable bonds is 5. The van der Waals surface area contributed by atoms with Crippen LogP contribution in [0.2, 0.25) is 0 Å². The fourth-order valence-corrected chi connectivity index (χ4v) is 1.91. The standard InChI is InChI=1S/C14H18FN3O2/c1-8(2)6-11(16)14-17-13(18-20-14)9-4-5-10(15)12(7-9)19-3/h4-5,7-8,11H,6,16H2,1-3H3/t11-/m0/s1. The molecule has 20 heavy (non-hydrogen) atoms. The largest absolute Gasteiger partial charge is 0.494 e. The Bertz CT molecular complexity index is 584. The highest BCUT2D eigenvalue weighted by molar-refractivity contribution is 5.57. The zero-order valence-electron chi connectivity index (χ0n) is 11.8. The van der Waals surface area contributed by atoms with Crippen molar-refractivity contribution in [3.8, 4) is 17.1 Å². The van der Waals surface area contributed by atoms with Crippen LogP contribution in [-0.2, 0) is 0 Å². The predicted molar refractivity (Wildman–Crippen MR) is 72.6 cm³/mol. The molecule has 0 saturated heterocycles. The molecule has 2 aromatic rings. The second-order valence-corrected chi connectivity index (χ2v) is 5.04. The van der Waals surface area contributed by atoms with Gasteiger partial charge in [0.25, 0.3) is 0 Å². The van der Waals surface area contributed by atoms with Crippen molar-refractivity contribution >= 4 is 0 Å². The molecule has 1 aromatic carbocycles. The predicted octanol–water partition coefficient (Wildman–Crippen LogP) is 2.93. The molecule has 0 radical (unpaired) electrons. The summed E-state index contributed by atoms with van der Waals surface area (Å²) in [5.74, 6) is 0.901. The zero-order chi connectivity index (χ0) is 14.7. The van der Waals surface area contributed by atoms with Gasteiger partial charge in [0, 0.05) is 5.56 Å². The minimum Gasteiger partial charge on any atom is -0.494 e. The van der Waals surface area contributed by atoms with Crippen LogP contribution in [0.3, 0.4) is 0 Å². The van der Waals surface area contributed by atoms with E-state index < -0.39 is 5.82 Å². The summed E-state index contributed by atoms with van der Waals surface area (Å²) in [5, 5.41) is 3.88. The Morgan fingerprint density at radius 1 is 1.40 bits per heavy atom. The summed E-state index contributed by atoms with van der Waals surface area (Å²) in [4.78, 5) is 4.26. The Hall–Kier alpha value is -1.95. The first-order valence-electron chi connectivity index (χ1n) is 6.44. The number of hydrogen-bond donors (Lipinski definition) is 1. The minimum atomic E-state index is -0.434. The number of methoxy groups -OCH3 is 1. The minimum absolute atomic E-state index is 0.139. The molecule has 0 aliphatic heterocycles. The van der Waals surface area contributed by atoms with Crippen LogP contribution in [0.4, 0.5) is 4.39 Å². The first kappa shape index (κ1) is 14.5. The molecule has 108 valence electrons.